The molecular formula is C23H21N3O4. The number of benzene rings is 2. The standard InChI is InChI=1S/C23H21N3O4/c1-14(27)26-21(10-15-11-24-19-8-4-2-6-16(15)19)23(29)30-13-22(28)18-12-25-20-9-5-3-7-17(18)20/h2-9,11-12,21,24-25H,10,13H2,1H3,(H,26,27)/t21-/m0/s1. The molecular weight excluding hydrogens is 382 g/mol. The van der Waals surface area contributed by atoms with Gasteiger partial charge in [0.05, 0.1) is 0 Å². The van der Waals surface area contributed by atoms with E-state index in [1.807, 2.05) is 54.7 Å². The van der Waals surface area contributed by atoms with Gasteiger partial charge in [-0.15, -0.1) is 0 Å². The summed E-state index contributed by atoms with van der Waals surface area (Å²) in [6, 6.07) is 14.2. The number of rotatable bonds is 7. The van der Waals surface area contributed by atoms with E-state index in [1.165, 1.54) is 6.92 Å². The number of H-pyrrole nitrogens is 2. The average molecular weight is 403 g/mol. The molecule has 0 aliphatic rings. The van der Waals surface area contributed by atoms with Gasteiger partial charge in [-0.1, -0.05) is 36.4 Å². The Morgan fingerprint density at radius 2 is 1.57 bits per heavy atom. The predicted octanol–water partition coefficient (Wildman–Crippen LogP) is 3.12. The van der Waals surface area contributed by atoms with Gasteiger partial charge >= 0.3 is 5.97 Å². The fourth-order valence-electron chi connectivity index (χ4n) is 3.58. The van der Waals surface area contributed by atoms with Crippen LogP contribution in [-0.4, -0.2) is 40.3 Å². The molecule has 2 heterocycles. The maximum Gasteiger partial charge on any atom is 0.329 e. The first-order chi connectivity index (χ1) is 14.5. The van der Waals surface area contributed by atoms with Gasteiger partial charge in [-0.3, -0.25) is 9.59 Å². The van der Waals surface area contributed by atoms with E-state index in [2.05, 4.69) is 15.3 Å². The van der Waals surface area contributed by atoms with Crippen LogP contribution in [-0.2, 0) is 20.7 Å². The number of aromatic amines is 2. The highest BCUT2D eigenvalue weighted by Crippen LogP contribution is 2.20. The lowest BCUT2D eigenvalue weighted by Gasteiger charge is -2.16. The van der Waals surface area contributed by atoms with Crippen molar-refractivity contribution < 1.29 is 19.1 Å². The molecule has 0 spiro atoms. The van der Waals surface area contributed by atoms with Gasteiger partial charge < -0.3 is 20.0 Å². The van der Waals surface area contributed by atoms with Crippen molar-refractivity contribution in [1.29, 1.82) is 0 Å². The lowest BCUT2D eigenvalue weighted by Crippen LogP contribution is -2.42. The molecule has 2 aromatic carbocycles. The Hall–Kier alpha value is -3.87. The highest BCUT2D eigenvalue weighted by atomic mass is 16.5. The molecule has 1 amide bonds. The Bertz CT molecular complexity index is 1240. The molecule has 0 unspecified atom stereocenters. The number of nitrogens with one attached hydrogen (secondary N) is 3. The van der Waals surface area contributed by atoms with Gasteiger partial charge in [0, 0.05) is 53.1 Å². The first-order valence-corrected chi connectivity index (χ1v) is 9.61. The number of fused-ring (bicyclic) bond motifs is 2. The summed E-state index contributed by atoms with van der Waals surface area (Å²) in [7, 11) is 0. The van der Waals surface area contributed by atoms with Gasteiger partial charge in [0.15, 0.2) is 6.61 Å². The van der Waals surface area contributed by atoms with Gasteiger partial charge in [-0.2, -0.15) is 0 Å². The quantitative estimate of drug-likeness (QED) is 0.326. The number of carbonyl (C=O) groups is 3. The molecule has 0 radical (unpaired) electrons. The first kappa shape index (κ1) is 19.4. The van der Waals surface area contributed by atoms with Crippen molar-refractivity contribution in [2.45, 2.75) is 19.4 Å². The largest absolute Gasteiger partial charge is 0.456 e. The van der Waals surface area contributed by atoms with Crippen molar-refractivity contribution in [1.82, 2.24) is 15.3 Å². The summed E-state index contributed by atoms with van der Waals surface area (Å²) in [5, 5.41) is 4.37. The Balaban J connectivity index is 1.47. The number of hydrogen-bond acceptors (Lipinski definition) is 4. The second-order valence-corrected chi connectivity index (χ2v) is 7.10. The third-order valence-corrected chi connectivity index (χ3v) is 5.00. The highest BCUT2D eigenvalue weighted by molar-refractivity contribution is 6.08. The van der Waals surface area contributed by atoms with E-state index in [0.717, 1.165) is 27.4 Å². The fourth-order valence-corrected chi connectivity index (χ4v) is 3.58. The number of Topliss-reactive ketones (excluding diaryl/α,β-unsaturated/α-hetero) is 1. The normalized spacial score (nSPS) is 12.0. The second-order valence-electron chi connectivity index (χ2n) is 7.10. The molecule has 7 heteroatoms. The highest BCUT2D eigenvalue weighted by Gasteiger charge is 2.24. The molecule has 4 aromatic rings. The van der Waals surface area contributed by atoms with Crippen LogP contribution in [0.1, 0.15) is 22.8 Å². The Morgan fingerprint density at radius 1 is 0.933 bits per heavy atom. The van der Waals surface area contributed by atoms with Crippen LogP contribution in [0.3, 0.4) is 0 Å². The summed E-state index contributed by atoms with van der Waals surface area (Å²) in [6.45, 7) is 0.942. The van der Waals surface area contributed by atoms with E-state index in [-0.39, 0.29) is 18.1 Å². The maximum absolute atomic E-state index is 12.7. The van der Waals surface area contributed by atoms with Crippen LogP contribution >= 0.6 is 0 Å². The molecule has 7 nitrogen and oxygen atoms in total. The molecule has 0 aliphatic heterocycles. The molecule has 0 saturated carbocycles. The van der Waals surface area contributed by atoms with E-state index in [9.17, 15) is 14.4 Å². The van der Waals surface area contributed by atoms with Crippen molar-refractivity contribution in [2.75, 3.05) is 6.61 Å². The number of esters is 1. The van der Waals surface area contributed by atoms with E-state index in [4.69, 9.17) is 4.74 Å². The van der Waals surface area contributed by atoms with Crippen molar-refractivity contribution in [3.63, 3.8) is 0 Å². The number of hydrogen-bond donors (Lipinski definition) is 3. The van der Waals surface area contributed by atoms with Crippen LogP contribution in [0.25, 0.3) is 21.8 Å². The number of aromatic nitrogens is 2. The van der Waals surface area contributed by atoms with E-state index in [1.54, 1.807) is 6.20 Å². The van der Waals surface area contributed by atoms with Gasteiger partial charge in [0.1, 0.15) is 6.04 Å². The fraction of sp³-hybridized carbons (Fsp3) is 0.174. The summed E-state index contributed by atoms with van der Waals surface area (Å²) in [6.07, 6.45) is 3.67. The molecule has 0 saturated heterocycles. The summed E-state index contributed by atoms with van der Waals surface area (Å²) in [5.74, 6) is -1.31. The molecule has 4 rings (SSSR count). The summed E-state index contributed by atoms with van der Waals surface area (Å²) < 4.78 is 5.27. The number of amides is 1. The topological polar surface area (TPSA) is 104 Å². The minimum Gasteiger partial charge on any atom is -0.456 e. The van der Waals surface area contributed by atoms with Crippen molar-refractivity contribution in [3.8, 4) is 0 Å². The summed E-state index contributed by atoms with van der Waals surface area (Å²) >= 11 is 0. The molecule has 0 fully saturated rings. The number of ether oxygens (including phenoxy) is 1. The van der Waals surface area contributed by atoms with E-state index in [0.29, 0.717) is 5.56 Å². The first-order valence-electron chi connectivity index (χ1n) is 9.61. The van der Waals surface area contributed by atoms with Crippen molar-refractivity contribution >= 4 is 39.5 Å². The molecule has 1 atom stereocenters. The monoisotopic (exact) mass is 403 g/mol. The molecule has 0 bridgehead atoms. The number of para-hydroxylation sites is 2. The lowest BCUT2D eigenvalue weighted by molar-refractivity contribution is -0.146. The Labute approximate surface area is 172 Å². The number of ketones is 1. The van der Waals surface area contributed by atoms with Crippen molar-refractivity contribution in [2.24, 2.45) is 0 Å². The lowest BCUT2D eigenvalue weighted by atomic mass is 10.0. The van der Waals surface area contributed by atoms with Crippen LogP contribution in [0, 0.1) is 0 Å². The van der Waals surface area contributed by atoms with Gasteiger partial charge in [-0.05, 0) is 17.7 Å². The predicted molar refractivity (Wildman–Crippen MR) is 113 cm³/mol. The third-order valence-electron chi connectivity index (χ3n) is 5.00. The summed E-state index contributed by atoms with van der Waals surface area (Å²) in [5.41, 5.74) is 3.12. The van der Waals surface area contributed by atoms with Gasteiger partial charge in [0.2, 0.25) is 11.7 Å². The maximum atomic E-state index is 12.7. The van der Waals surface area contributed by atoms with Gasteiger partial charge in [-0.25, -0.2) is 4.79 Å². The average Bonchev–Trinajstić information content (AvgIpc) is 3.35. The van der Waals surface area contributed by atoms with E-state index >= 15 is 0 Å². The minimum atomic E-state index is -0.891. The van der Waals surface area contributed by atoms with Crippen LogP contribution in [0.15, 0.2) is 60.9 Å². The SMILES string of the molecule is CC(=O)N[C@@H](Cc1c[nH]c2ccccc12)C(=O)OCC(=O)c1c[nH]c2ccccc12. The Morgan fingerprint density at radius 3 is 2.30 bits per heavy atom. The van der Waals surface area contributed by atoms with Crippen LogP contribution < -0.4 is 5.32 Å². The van der Waals surface area contributed by atoms with Crippen LogP contribution in [0.5, 0.6) is 0 Å². The Kier molecular flexibility index (Phi) is 5.34. The molecule has 152 valence electrons. The molecule has 30 heavy (non-hydrogen) atoms. The minimum absolute atomic E-state index is 0.254. The smallest absolute Gasteiger partial charge is 0.329 e. The van der Waals surface area contributed by atoms with Crippen LogP contribution in [0.4, 0.5) is 0 Å². The van der Waals surface area contributed by atoms with E-state index < -0.39 is 18.6 Å². The second kappa shape index (κ2) is 8.24. The zero-order chi connectivity index (χ0) is 21.1. The third kappa shape index (κ3) is 3.96. The molecule has 3 N–H and O–H groups in total. The molecule has 2 aromatic heterocycles. The zero-order valence-corrected chi connectivity index (χ0v) is 16.4. The van der Waals surface area contributed by atoms with Crippen molar-refractivity contribution in [3.05, 3.63) is 72.1 Å². The number of carbonyl (C=O) groups excluding carboxylic acids is 3. The molecule has 0 aliphatic carbocycles. The summed E-state index contributed by atoms with van der Waals surface area (Å²) in [4.78, 5) is 43.0. The van der Waals surface area contributed by atoms with Crippen LogP contribution in [0.2, 0.25) is 0 Å². The zero-order valence-electron chi connectivity index (χ0n) is 16.4. The van der Waals surface area contributed by atoms with Gasteiger partial charge in [0.25, 0.3) is 0 Å².